The summed E-state index contributed by atoms with van der Waals surface area (Å²) in [5.41, 5.74) is 5.24. The van der Waals surface area contributed by atoms with Crippen LogP contribution in [-0.2, 0) is 6.18 Å². The molecule has 3 atom stereocenters. The van der Waals surface area contributed by atoms with Gasteiger partial charge in [-0.15, -0.1) is 0 Å². The van der Waals surface area contributed by atoms with Crippen molar-refractivity contribution in [1.82, 2.24) is 4.98 Å². The summed E-state index contributed by atoms with van der Waals surface area (Å²) in [5.74, 6) is 1.23. The van der Waals surface area contributed by atoms with Crippen LogP contribution in [0, 0.1) is 11.8 Å². The van der Waals surface area contributed by atoms with E-state index in [0.717, 1.165) is 25.5 Å². The normalized spacial score (nSPS) is 33.5. The zero-order valence-electron chi connectivity index (χ0n) is 11.3. The standard InChI is InChI=1S/C14H18F3N3/c1-13(18)6-5-9-7-20(8-10(9)13)12-4-2-3-11(19-12)14(15,16)17/h2-4,9-10H,5-8,18H2,1H3/t9-,10+,13+/m1/s1. The van der Waals surface area contributed by atoms with Gasteiger partial charge in [-0.05, 0) is 43.7 Å². The van der Waals surface area contributed by atoms with E-state index in [1.165, 1.54) is 6.07 Å². The molecule has 0 aromatic carbocycles. The van der Waals surface area contributed by atoms with Crippen LogP contribution in [0.3, 0.4) is 0 Å². The fourth-order valence-electron chi connectivity index (χ4n) is 3.54. The van der Waals surface area contributed by atoms with E-state index in [2.05, 4.69) is 4.98 Å². The van der Waals surface area contributed by atoms with Gasteiger partial charge < -0.3 is 10.6 Å². The minimum atomic E-state index is -4.39. The predicted octanol–water partition coefficient (Wildman–Crippen LogP) is 2.66. The molecule has 6 heteroatoms. The van der Waals surface area contributed by atoms with Crippen molar-refractivity contribution in [3.8, 4) is 0 Å². The SMILES string of the molecule is C[C@]1(N)CC[C@@H]2CN(c3cccc(C(F)(F)F)n3)C[C@@H]21. The quantitative estimate of drug-likeness (QED) is 0.862. The summed E-state index contributed by atoms with van der Waals surface area (Å²) in [6, 6.07) is 4.07. The van der Waals surface area contributed by atoms with Crippen LogP contribution in [0.25, 0.3) is 0 Å². The lowest BCUT2D eigenvalue weighted by molar-refractivity contribution is -0.141. The number of alkyl halides is 3. The molecule has 110 valence electrons. The number of nitrogens with zero attached hydrogens (tertiary/aromatic N) is 2. The Morgan fingerprint density at radius 2 is 2.10 bits per heavy atom. The van der Waals surface area contributed by atoms with Crippen molar-refractivity contribution in [3.63, 3.8) is 0 Å². The summed E-state index contributed by atoms with van der Waals surface area (Å²) in [4.78, 5) is 5.70. The molecule has 1 aliphatic heterocycles. The van der Waals surface area contributed by atoms with Crippen molar-refractivity contribution >= 4 is 5.82 Å². The third-order valence-electron chi connectivity index (χ3n) is 4.69. The summed E-state index contributed by atoms with van der Waals surface area (Å²) >= 11 is 0. The van der Waals surface area contributed by atoms with Crippen molar-refractivity contribution in [1.29, 1.82) is 0 Å². The van der Waals surface area contributed by atoms with Gasteiger partial charge in [-0.1, -0.05) is 6.07 Å². The molecule has 2 N–H and O–H groups in total. The molecule has 1 aliphatic carbocycles. The maximum absolute atomic E-state index is 12.7. The molecule has 2 heterocycles. The van der Waals surface area contributed by atoms with Crippen molar-refractivity contribution in [2.45, 2.75) is 31.5 Å². The van der Waals surface area contributed by atoms with E-state index in [1.54, 1.807) is 6.07 Å². The number of pyridine rings is 1. The number of hydrogen-bond donors (Lipinski definition) is 1. The van der Waals surface area contributed by atoms with E-state index < -0.39 is 11.9 Å². The number of anilines is 1. The van der Waals surface area contributed by atoms with E-state index in [1.807, 2.05) is 11.8 Å². The van der Waals surface area contributed by atoms with Gasteiger partial charge in [0.05, 0.1) is 0 Å². The predicted molar refractivity (Wildman–Crippen MR) is 70.3 cm³/mol. The summed E-state index contributed by atoms with van der Waals surface area (Å²) < 4.78 is 38.1. The number of nitrogens with two attached hydrogens (primary N) is 1. The highest BCUT2D eigenvalue weighted by molar-refractivity contribution is 5.42. The second-order valence-electron chi connectivity index (χ2n) is 6.19. The number of rotatable bonds is 1. The Morgan fingerprint density at radius 3 is 2.75 bits per heavy atom. The first-order valence-corrected chi connectivity index (χ1v) is 6.85. The number of fused-ring (bicyclic) bond motifs is 1. The highest BCUT2D eigenvalue weighted by atomic mass is 19.4. The molecule has 20 heavy (non-hydrogen) atoms. The Kier molecular flexibility index (Phi) is 2.97. The molecular formula is C14H18F3N3. The lowest BCUT2D eigenvalue weighted by Crippen LogP contribution is -2.43. The summed E-state index contributed by atoms with van der Waals surface area (Å²) in [6.07, 6.45) is -2.35. The Morgan fingerprint density at radius 1 is 1.35 bits per heavy atom. The fraction of sp³-hybridized carbons (Fsp3) is 0.643. The van der Waals surface area contributed by atoms with Gasteiger partial charge in [0, 0.05) is 18.6 Å². The molecule has 1 saturated carbocycles. The zero-order chi connectivity index (χ0) is 14.5. The Balaban J connectivity index is 1.82. The number of halogens is 3. The highest BCUT2D eigenvalue weighted by Crippen LogP contribution is 2.44. The van der Waals surface area contributed by atoms with E-state index in [0.29, 0.717) is 24.2 Å². The molecule has 1 saturated heterocycles. The van der Waals surface area contributed by atoms with Gasteiger partial charge in [0.2, 0.25) is 0 Å². The van der Waals surface area contributed by atoms with Crippen LogP contribution in [0.15, 0.2) is 18.2 Å². The Bertz CT molecular complexity index is 513. The summed E-state index contributed by atoms with van der Waals surface area (Å²) in [7, 11) is 0. The minimum Gasteiger partial charge on any atom is -0.356 e. The largest absolute Gasteiger partial charge is 0.433 e. The van der Waals surface area contributed by atoms with Crippen LogP contribution in [0.1, 0.15) is 25.5 Å². The second kappa shape index (κ2) is 4.35. The average Bonchev–Trinajstić information content (AvgIpc) is 2.90. The van der Waals surface area contributed by atoms with Crippen molar-refractivity contribution < 1.29 is 13.2 Å². The Hall–Kier alpha value is -1.30. The second-order valence-corrected chi connectivity index (χ2v) is 6.19. The van der Waals surface area contributed by atoms with Gasteiger partial charge in [0.1, 0.15) is 11.5 Å². The molecule has 0 amide bonds. The number of aromatic nitrogens is 1. The molecule has 1 aromatic heterocycles. The highest BCUT2D eigenvalue weighted by Gasteiger charge is 2.48. The molecular weight excluding hydrogens is 267 g/mol. The zero-order valence-corrected chi connectivity index (χ0v) is 11.3. The topological polar surface area (TPSA) is 42.1 Å². The first kappa shape index (κ1) is 13.7. The lowest BCUT2D eigenvalue weighted by atomic mass is 9.88. The van der Waals surface area contributed by atoms with Gasteiger partial charge in [-0.2, -0.15) is 13.2 Å². The lowest BCUT2D eigenvalue weighted by Gasteiger charge is -2.27. The van der Waals surface area contributed by atoms with E-state index in [4.69, 9.17) is 5.73 Å². The van der Waals surface area contributed by atoms with Gasteiger partial charge in [0.25, 0.3) is 0 Å². The van der Waals surface area contributed by atoms with Crippen LogP contribution >= 0.6 is 0 Å². The average molecular weight is 285 g/mol. The van der Waals surface area contributed by atoms with Crippen LogP contribution in [-0.4, -0.2) is 23.6 Å². The monoisotopic (exact) mass is 285 g/mol. The van der Waals surface area contributed by atoms with E-state index in [9.17, 15) is 13.2 Å². The maximum atomic E-state index is 12.7. The van der Waals surface area contributed by atoms with Crippen LogP contribution in [0.4, 0.5) is 19.0 Å². The summed E-state index contributed by atoms with van der Waals surface area (Å²) in [5, 5.41) is 0. The van der Waals surface area contributed by atoms with Gasteiger partial charge in [0.15, 0.2) is 0 Å². The number of hydrogen-bond acceptors (Lipinski definition) is 3. The molecule has 2 fully saturated rings. The Labute approximate surface area is 116 Å². The van der Waals surface area contributed by atoms with Gasteiger partial charge in [-0.3, -0.25) is 0 Å². The summed E-state index contributed by atoms with van der Waals surface area (Å²) in [6.45, 7) is 3.50. The molecule has 0 spiro atoms. The van der Waals surface area contributed by atoms with E-state index in [-0.39, 0.29) is 5.54 Å². The first-order chi connectivity index (χ1) is 9.27. The fourth-order valence-corrected chi connectivity index (χ4v) is 3.54. The molecule has 0 bridgehead atoms. The van der Waals surface area contributed by atoms with Gasteiger partial charge >= 0.3 is 6.18 Å². The smallest absolute Gasteiger partial charge is 0.356 e. The maximum Gasteiger partial charge on any atom is 0.433 e. The van der Waals surface area contributed by atoms with Crippen molar-refractivity contribution in [2.24, 2.45) is 17.6 Å². The van der Waals surface area contributed by atoms with Crippen LogP contribution in [0.5, 0.6) is 0 Å². The minimum absolute atomic E-state index is 0.207. The van der Waals surface area contributed by atoms with E-state index >= 15 is 0 Å². The van der Waals surface area contributed by atoms with Crippen LogP contribution < -0.4 is 10.6 Å². The van der Waals surface area contributed by atoms with Gasteiger partial charge in [-0.25, -0.2) is 4.98 Å². The third-order valence-corrected chi connectivity index (χ3v) is 4.69. The molecule has 3 nitrogen and oxygen atoms in total. The molecule has 0 radical (unpaired) electrons. The van der Waals surface area contributed by atoms with Crippen molar-refractivity contribution in [2.75, 3.05) is 18.0 Å². The molecule has 2 aliphatic rings. The van der Waals surface area contributed by atoms with Crippen molar-refractivity contribution in [3.05, 3.63) is 23.9 Å². The third kappa shape index (κ3) is 2.26. The molecule has 1 aromatic rings. The first-order valence-electron chi connectivity index (χ1n) is 6.85. The molecule has 0 unspecified atom stereocenters. The van der Waals surface area contributed by atoms with Crippen LogP contribution in [0.2, 0.25) is 0 Å². The molecule has 3 rings (SSSR count).